The fraction of sp³-hybridized carbons (Fsp3) is 0.625. The van der Waals surface area contributed by atoms with E-state index in [9.17, 15) is 36.4 Å². The van der Waals surface area contributed by atoms with Gasteiger partial charge in [-0.2, -0.15) is 0 Å². The monoisotopic (exact) mass is 835 g/mol. The lowest BCUT2D eigenvalue weighted by molar-refractivity contribution is -0.152. The molecule has 0 radical (unpaired) electrons. The van der Waals surface area contributed by atoms with Gasteiger partial charge in [0.2, 0.25) is 27.7 Å². The van der Waals surface area contributed by atoms with Crippen LogP contribution in [0.4, 0.5) is 18.0 Å². The molecule has 3 N–H and O–H groups in total. The lowest BCUT2D eigenvalue weighted by Crippen LogP contribution is -2.59. The van der Waals surface area contributed by atoms with E-state index in [1.54, 1.807) is 26.0 Å². The van der Waals surface area contributed by atoms with Gasteiger partial charge in [-0.25, -0.2) is 31.4 Å². The molecule has 0 unspecified atom stereocenters. The van der Waals surface area contributed by atoms with Gasteiger partial charge >= 0.3 is 6.09 Å². The van der Waals surface area contributed by atoms with E-state index < -0.39 is 92.0 Å². The molecule has 2 saturated carbocycles. The molecule has 1 aromatic carbocycles. The average molecular weight is 836 g/mol. The number of nitrogens with one attached hydrogen (secondary N) is 3. The number of ether oxygens (including phenoxy) is 3. The molecule has 14 nitrogen and oxygen atoms in total. The number of benzene rings is 1. The summed E-state index contributed by atoms with van der Waals surface area (Å²) in [5, 5.41) is 5.44. The Labute approximate surface area is 336 Å². The molecule has 318 valence electrons. The Morgan fingerprint density at radius 3 is 2.50 bits per heavy atom. The number of allylic oxidation sites excluding steroid dienone is 1. The third-order valence-corrected chi connectivity index (χ3v) is 13.5. The minimum absolute atomic E-state index is 0.00320. The van der Waals surface area contributed by atoms with Crippen molar-refractivity contribution in [3.05, 3.63) is 42.4 Å². The minimum atomic E-state index is -3.98. The normalized spacial score (nSPS) is 28.9. The first-order chi connectivity index (χ1) is 27.2. The van der Waals surface area contributed by atoms with Crippen LogP contribution in [-0.4, -0.2) is 95.8 Å². The second kappa shape index (κ2) is 16.2. The molecule has 0 bridgehead atoms. The summed E-state index contributed by atoms with van der Waals surface area (Å²) in [5.74, 6) is -7.58. The van der Waals surface area contributed by atoms with Crippen LogP contribution in [0.5, 0.6) is 11.6 Å². The molecule has 3 heterocycles. The predicted molar refractivity (Wildman–Crippen MR) is 206 cm³/mol. The van der Waals surface area contributed by atoms with Gasteiger partial charge in [0.05, 0.1) is 18.4 Å². The van der Waals surface area contributed by atoms with Gasteiger partial charge in [0, 0.05) is 30.8 Å². The Morgan fingerprint density at radius 1 is 1.10 bits per heavy atom. The fourth-order valence-corrected chi connectivity index (χ4v) is 9.00. The summed E-state index contributed by atoms with van der Waals surface area (Å²) in [6.45, 7) is 8.11. The SMILES string of the molecule is CCOc1cc2ccnc(O[C@@H]3C[C@H]4C(=O)N[C@]5(C(=O)NS(=O)(=O)C6CC6)C[C@H]5/C=C\CC[C@H](C)C[C@@H](C)[C@H](NC(=O)OC(C)(C)C(C)(F)F)C(=O)N4C3)c2cc1F. The molecular weight excluding hydrogens is 784 g/mol. The number of hydrogen-bond acceptors (Lipinski definition) is 10. The number of halogens is 3. The van der Waals surface area contributed by atoms with Crippen molar-refractivity contribution in [1.29, 1.82) is 0 Å². The van der Waals surface area contributed by atoms with Crippen molar-refractivity contribution < 1.29 is 55.0 Å². The van der Waals surface area contributed by atoms with Gasteiger partial charge < -0.3 is 29.7 Å². The largest absolute Gasteiger partial charge is 0.491 e. The molecule has 2 aliphatic heterocycles. The number of fused-ring (bicyclic) bond motifs is 3. The van der Waals surface area contributed by atoms with Crippen molar-refractivity contribution >= 4 is 44.6 Å². The van der Waals surface area contributed by atoms with E-state index in [2.05, 4.69) is 20.3 Å². The van der Waals surface area contributed by atoms with Crippen LogP contribution in [0.15, 0.2) is 36.5 Å². The van der Waals surface area contributed by atoms with Crippen molar-refractivity contribution in [1.82, 2.24) is 25.2 Å². The number of sulfonamides is 1. The maximum absolute atomic E-state index is 15.1. The number of alkyl carbamates (subject to hydrolysis) is 1. The van der Waals surface area contributed by atoms with E-state index >= 15 is 4.39 Å². The summed E-state index contributed by atoms with van der Waals surface area (Å²) in [6, 6.07) is 1.67. The number of nitrogens with zero attached hydrogens (tertiary/aromatic N) is 2. The van der Waals surface area contributed by atoms with E-state index in [0.717, 1.165) is 13.8 Å². The predicted octanol–water partition coefficient (Wildman–Crippen LogP) is 5.15. The highest BCUT2D eigenvalue weighted by Gasteiger charge is 2.62. The van der Waals surface area contributed by atoms with E-state index in [-0.39, 0.29) is 43.5 Å². The van der Waals surface area contributed by atoms with Crippen LogP contribution in [0.3, 0.4) is 0 Å². The lowest BCUT2D eigenvalue weighted by Gasteiger charge is -2.35. The molecule has 2 aliphatic carbocycles. The van der Waals surface area contributed by atoms with Gasteiger partial charge in [0.15, 0.2) is 17.2 Å². The van der Waals surface area contributed by atoms with Gasteiger partial charge in [-0.15, -0.1) is 0 Å². The van der Waals surface area contributed by atoms with Crippen LogP contribution in [0.25, 0.3) is 10.8 Å². The van der Waals surface area contributed by atoms with E-state index in [1.165, 1.54) is 23.2 Å². The maximum atomic E-state index is 15.1. The van der Waals surface area contributed by atoms with Crippen LogP contribution in [0.1, 0.15) is 86.5 Å². The molecule has 18 heteroatoms. The minimum Gasteiger partial charge on any atom is -0.491 e. The number of carbonyl (C=O) groups is 4. The summed E-state index contributed by atoms with van der Waals surface area (Å²) in [6.07, 6.45) is 5.32. The van der Waals surface area contributed by atoms with Gasteiger partial charge in [0.25, 0.3) is 11.8 Å². The Kier molecular flexibility index (Phi) is 12.0. The zero-order chi connectivity index (χ0) is 42.4. The van der Waals surface area contributed by atoms with E-state index in [1.807, 2.05) is 13.0 Å². The molecule has 4 aliphatic rings. The van der Waals surface area contributed by atoms with Crippen molar-refractivity contribution in [2.75, 3.05) is 13.2 Å². The molecular formula is C40H52F3N5O9S. The molecule has 4 amide bonds. The second-order valence-corrected chi connectivity index (χ2v) is 18.7. The highest BCUT2D eigenvalue weighted by Crippen LogP contribution is 2.46. The molecule has 0 spiro atoms. The third kappa shape index (κ3) is 9.15. The van der Waals surface area contributed by atoms with Gasteiger partial charge in [-0.3, -0.25) is 19.1 Å². The first-order valence-corrected chi connectivity index (χ1v) is 21.3. The highest BCUT2D eigenvalue weighted by molar-refractivity contribution is 7.91. The fourth-order valence-electron chi connectivity index (χ4n) is 7.64. The first-order valence-electron chi connectivity index (χ1n) is 19.8. The summed E-state index contributed by atoms with van der Waals surface area (Å²) < 4.78 is 88.6. The average Bonchev–Trinajstić information content (AvgIpc) is 4.05. The summed E-state index contributed by atoms with van der Waals surface area (Å²) >= 11 is 0. The van der Waals surface area contributed by atoms with Crippen molar-refractivity contribution in [2.24, 2.45) is 17.8 Å². The number of hydrogen-bond donors (Lipinski definition) is 3. The number of amides is 4. The summed E-state index contributed by atoms with van der Waals surface area (Å²) in [4.78, 5) is 61.8. The quantitative estimate of drug-likeness (QED) is 0.271. The number of carbonyl (C=O) groups excluding carboxylic acids is 4. The molecule has 58 heavy (non-hydrogen) atoms. The Bertz CT molecular complexity index is 2080. The molecule has 6 rings (SSSR count). The highest BCUT2D eigenvalue weighted by atomic mass is 32.2. The molecule has 2 aromatic rings. The van der Waals surface area contributed by atoms with Crippen molar-refractivity contribution in [3.8, 4) is 11.6 Å². The van der Waals surface area contributed by atoms with Crippen LogP contribution < -0.4 is 24.8 Å². The summed E-state index contributed by atoms with van der Waals surface area (Å²) in [7, 11) is -3.98. The zero-order valence-corrected chi connectivity index (χ0v) is 34.3. The van der Waals surface area contributed by atoms with Crippen LogP contribution in [0, 0.1) is 23.6 Å². The van der Waals surface area contributed by atoms with Crippen LogP contribution in [-0.2, 0) is 29.1 Å². The number of aromatic nitrogens is 1. The lowest BCUT2D eigenvalue weighted by atomic mass is 9.88. The van der Waals surface area contributed by atoms with Crippen molar-refractivity contribution in [2.45, 2.75) is 127 Å². The maximum Gasteiger partial charge on any atom is 0.408 e. The van der Waals surface area contributed by atoms with Crippen LogP contribution >= 0.6 is 0 Å². The van der Waals surface area contributed by atoms with Crippen LogP contribution in [0.2, 0.25) is 0 Å². The van der Waals surface area contributed by atoms with Gasteiger partial charge in [-0.05, 0) is 94.7 Å². The number of alkyl halides is 2. The zero-order valence-electron chi connectivity index (χ0n) is 33.5. The Balaban J connectivity index is 1.35. The second-order valence-electron chi connectivity index (χ2n) is 16.7. The first kappa shape index (κ1) is 43.0. The van der Waals surface area contributed by atoms with E-state index in [0.29, 0.717) is 49.8 Å². The smallest absolute Gasteiger partial charge is 0.408 e. The standard InChI is InChI=1S/C40H52F3N5O9S/c1-7-55-31-17-24-14-15-44-34(28(24)19-29(31)41)56-26-18-30-33(49)46-40(36(51)47-58(53,54)27-12-13-27)20-25(40)11-9-8-10-22(2)16-23(3)32(35(50)48(30)21-26)45-37(52)57-38(4,5)39(6,42)43/h9,11,14-15,17,19,22-23,25-27,30,32H,7-8,10,12-13,16,18,20-21H2,1-6H3,(H,45,52)(H,46,49)(H,47,51)/b11-9-/t22-,23+,25+,26+,30-,32-,40+/m0/s1. The number of rotatable bonds is 10. The van der Waals surface area contributed by atoms with Gasteiger partial charge in [-0.1, -0.05) is 26.0 Å². The Morgan fingerprint density at radius 2 is 1.83 bits per heavy atom. The number of pyridine rings is 1. The molecule has 1 saturated heterocycles. The third-order valence-electron chi connectivity index (χ3n) is 11.7. The molecule has 1 aromatic heterocycles. The molecule has 7 atom stereocenters. The summed E-state index contributed by atoms with van der Waals surface area (Å²) in [5.41, 5.74) is -3.87. The van der Waals surface area contributed by atoms with E-state index in [4.69, 9.17) is 14.2 Å². The van der Waals surface area contributed by atoms with Gasteiger partial charge in [0.1, 0.15) is 23.7 Å². The Hall–Kier alpha value is -4.61. The van der Waals surface area contributed by atoms with Crippen molar-refractivity contribution in [3.63, 3.8) is 0 Å². The molecule has 3 fully saturated rings. The topological polar surface area (TPSA) is 182 Å².